The number of hydrogen-bond donors (Lipinski definition) is 2. The quantitative estimate of drug-likeness (QED) is 0.318. The Kier molecular flexibility index (Phi) is 8.68. The predicted octanol–water partition coefficient (Wildman–Crippen LogP) is 1.10. The summed E-state index contributed by atoms with van der Waals surface area (Å²) in [7, 11) is -7.62. The topological polar surface area (TPSA) is 192 Å². The molecule has 1 aliphatic rings. The molecule has 13 nitrogen and oxygen atoms in total. The number of carboxylic acids is 2. The van der Waals surface area contributed by atoms with Crippen molar-refractivity contribution in [2.24, 2.45) is 0 Å². The number of halogens is 1. The molecule has 1 saturated heterocycles. The van der Waals surface area contributed by atoms with Crippen LogP contribution in [0.1, 0.15) is 0 Å². The number of benzene rings is 2. The highest BCUT2D eigenvalue weighted by Gasteiger charge is 2.33. The fraction of sp³-hybridized carbons (Fsp3) is 0.222. The number of non-ortho nitro benzene ring substituents is 1. The summed E-state index contributed by atoms with van der Waals surface area (Å²) in [6.07, 6.45) is 0. The molecule has 0 radical (unpaired) electrons. The molecule has 2 aromatic carbocycles. The minimum Gasteiger partial charge on any atom is -0.473 e. The van der Waals surface area contributed by atoms with Gasteiger partial charge in [0.2, 0.25) is 20.0 Å². The number of rotatable bonds is 5. The lowest BCUT2D eigenvalue weighted by molar-refractivity contribution is -0.384. The molecule has 0 aromatic heterocycles. The van der Waals surface area contributed by atoms with Gasteiger partial charge in [0.1, 0.15) is 0 Å². The van der Waals surface area contributed by atoms with E-state index in [0.717, 1.165) is 12.1 Å². The van der Waals surface area contributed by atoms with Crippen molar-refractivity contribution in [2.45, 2.75) is 9.79 Å². The lowest BCUT2D eigenvalue weighted by Crippen LogP contribution is -2.50. The van der Waals surface area contributed by atoms with Gasteiger partial charge in [0.15, 0.2) is 0 Å². The Morgan fingerprint density at radius 3 is 1.38 bits per heavy atom. The molecule has 2 aromatic rings. The fourth-order valence-electron chi connectivity index (χ4n) is 2.79. The Balaban J connectivity index is 0.000000604. The zero-order valence-corrected chi connectivity index (χ0v) is 19.5. The van der Waals surface area contributed by atoms with Gasteiger partial charge in [-0.2, -0.15) is 8.61 Å². The van der Waals surface area contributed by atoms with Gasteiger partial charge in [-0.1, -0.05) is 11.6 Å². The van der Waals surface area contributed by atoms with Gasteiger partial charge in [0, 0.05) is 43.3 Å². The van der Waals surface area contributed by atoms with E-state index in [2.05, 4.69) is 0 Å². The van der Waals surface area contributed by atoms with E-state index in [1.165, 1.54) is 45.0 Å². The van der Waals surface area contributed by atoms with Crippen LogP contribution in [0.3, 0.4) is 0 Å². The highest BCUT2D eigenvalue weighted by molar-refractivity contribution is 7.89. The molecular weight excluding hydrogens is 518 g/mol. The van der Waals surface area contributed by atoms with Crippen molar-refractivity contribution in [1.82, 2.24) is 8.61 Å². The molecule has 0 atom stereocenters. The molecular formula is C18H18ClN3O10S2. The fourth-order valence-corrected chi connectivity index (χ4v) is 5.77. The Labute approximate surface area is 199 Å². The van der Waals surface area contributed by atoms with Gasteiger partial charge in [-0.3, -0.25) is 10.1 Å². The van der Waals surface area contributed by atoms with E-state index in [-0.39, 0.29) is 41.7 Å². The molecule has 0 bridgehead atoms. The third-order valence-electron chi connectivity index (χ3n) is 4.52. The molecule has 0 aliphatic carbocycles. The molecule has 0 unspecified atom stereocenters. The number of aliphatic carboxylic acids is 2. The van der Waals surface area contributed by atoms with E-state index in [1.54, 1.807) is 0 Å². The molecule has 184 valence electrons. The molecule has 1 heterocycles. The number of nitrogens with zero attached hydrogens (tertiary/aromatic N) is 3. The second-order valence-electron chi connectivity index (χ2n) is 6.62. The summed E-state index contributed by atoms with van der Waals surface area (Å²) in [6.45, 7) is -0.0490. The van der Waals surface area contributed by atoms with E-state index < -0.39 is 36.9 Å². The normalized spacial score (nSPS) is 15.1. The summed E-state index contributed by atoms with van der Waals surface area (Å²) in [6, 6.07) is 10.3. The average Bonchev–Trinajstić information content (AvgIpc) is 2.80. The summed E-state index contributed by atoms with van der Waals surface area (Å²) in [5, 5.41) is 25.9. The highest BCUT2D eigenvalue weighted by atomic mass is 35.5. The van der Waals surface area contributed by atoms with Crippen LogP contribution in [0.25, 0.3) is 0 Å². The molecule has 1 fully saturated rings. The molecule has 0 saturated carbocycles. The van der Waals surface area contributed by atoms with Crippen LogP contribution in [-0.4, -0.2) is 78.7 Å². The van der Waals surface area contributed by atoms with Gasteiger partial charge in [-0.15, -0.1) is 0 Å². The second-order valence-corrected chi connectivity index (χ2v) is 10.9. The first-order valence-corrected chi connectivity index (χ1v) is 12.5. The molecule has 0 amide bonds. The summed E-state index contributed by atoms with van der Waals surface area (Å²) >= 11 is 5.78. The van der Waals surface area contributed by atoms with Gasteiger partial charge in [0.05, 0.1) is 14.7 Å². The van der Waals surface area contributed by atoms with Crippen molar-refractivity contribution in [1.29, 1.82) is 0 Å². The monoisotopic (exact) mass is 535 g/mol. The van der Waals surface area contributed by atoms with Crippen LogP contribution in [0.5, 0.6) is 0 Å². The van der Waals surface area contributed by atoms with Crippen LogP contribution in [0.2, 0.25) is 5.02 Å². The van der Waals surface area contributed by atoms with Gasteiger partial charge in [-0.25, -0.2) is 26.4 Å². The molecule has 3 rings (SSSR count). The maximum Gasteiger partial charge on any atom is 0.414 e. The van der Waals surface area contributed by atoms with Crippen molar-refractivity contribution >= 4 is 49.3 Å². The third-order valence-corrected chi connectivity index (χ3v) is 8.60. The third kappa shape index (κ3) is 6.48. The number of nitro benzene ring substituents is 1. The smallest absolute Gasteiger partial charge is 0.414 e. The minimum atomic E-state index is -3.87. The number of carbonyl (C=O) groups is 2. The number of carboxylic acid groups (broad SMARTS) is 2. The van der Waals surface area contributed by atoms with E-state index in [0.29, 0.717) is 5.02 Å². The first-order chi connectivity index (χ1) is 15.8. The van der Waals surface area contributed by atoms with Gasteiger partial charge in [-0.05, 0) is 36.4 Å². The lowest BCUT2D eigenvalue weighted by Gasteiger charge is -2.33. The van der Waals surface area contributed by atoms with Crippen molar-refractivity contribution in [3.8, 4) is 0 Å². The summed E-state index contributed by atoms with van der Waals surface area (Å²) in [5.41, 5.74) is -0.210. The number of sulfonamides is 2. The second kappa shape index (κ2) is 10.9. The van der Waals surface area contributed by atoms with Crippen molar-refractivity contribution in [2.75, 3.05) is 26.2 Å². The van der Waals surface area contributed by atoms with Gasteiger partial charge >= 0.3 is 11.9 Å². The average molecular weight is 536 g/mol. The van der Waals surface area contributed by atoms with Crippen LogP contribution in [0.15, 0.2) is 58.3 Å². The summed E-state index contributed by atoms with van der Waals surface area (Å²) < 4.78 is 53.2. The first kappa shape index (κ1) is 27.1. The Morgan fingerprint density at radius 1 is 0.765 bits per heavy atom. The van der Waals surface area contributed by atoms with Crippen LogP contribution >= 0.6 is 11.6 Å². The van der Waals surface area contributed by atoms with Crippen LogP contribution in [0, 0.1) is 10.1 Å². The lowest BCUT2D eigenvalue weighted by atomic mass is 10.3. The van der Waals surface area contributed by atoms with Crippen molar-refractivity contribution in [3.63, 3.8) is 0 Å². The minimum absolute atomic E-state index is 0.00281. The summed E-state index contributed by atoms with van der Waals surface area (Å²) in [5.74, 6) is -3.65. The largest absolute Gasteiger partial charge is 0.473 e. The Morgan fingerprint density at radius 2 is 1.09 bits per heavy atom. The van der Waals surface area contributed by atoms with Gasteiger partial charge < -0.3 is 10.2 Å². The van der Waals surface area contributed by atoms with E-state index >= 15 is 0 Å². The highest BCUT2D eigenvalue weighted by Crippen LogP contribution is 2.24. The van der Waals surface area contributed by atoms with Crippen LogP contribution in [-0.2, 0) is 29.6 Å². The van der Waals surface area contributed by atoms with E-state index in [4.69, 9.17) is 31.4 Å². The van der Waals surface area contributed by atoms with E-state index in [9.17, 15) is 26.9 Å². The SMILES string of the molecule is O=C(O)C(=O)O.O=[N+]([O-])c1ccc(S(=O)(=O)N2CCN(S(=O)(=O)c3ccc(Cl)cc3)CC2)cc1. The van der Waals surface area contributed by atoms with Gasteiger partial charge in [0.25, 0.3) is 5.69 Å². The van der Waals surface area contributed by atoms with Crippen LogP contribution < -0.4 is 0 Å². The summed E-state index contributed by atoms with van der Waals surface area (Å²) in [4.78, 5) is 28.3. The predicted molar refractivity (Wildman–Crippen MR) is 117 cm³/mol. The molecule has 1 aliphatic heterocycles. The Bertz CT molecular complexity index is 1260. The van der Waals surface area contributed by atoms with Crippen LogP contribution in [0.4, 0.5) is 5.69 Å². The standard InChI is InChI=1S/C16H16ClN3O6S2.C2H2O4/c17-13-1-5-15(6-2-13)27(23,24)18-9-11-19(12-10-18)28(25,26)16-7-3-14(4-8-16)20(21)22;3-1(4)2(5)6/h1-8H,9-12H2;(H,3,4)(H,5,6). The molecule has 16 heteroatoms. The molecule has 34 heavy (non-hydrogen) atoms. The van der Waals surface area contributed by atoms with Crippen molar-refractivity contribution in [3.05, 3.63) is 63.7 Å². The maximum atomic E-state index is 12.7. The zero-order valence-electron chi connectivity index (χ0n) is 17.1. The zero-order chi connectivity index (χ0) is 25.7. The number of piperazine rings is 1. The first-order valence-electron chi connectivity index (χ1n) is 9.23. The van der Waals surface area contributed by atoms with E-state index in [1.807, 2.05) is 0 Å². The molecule has 0 spiro atoms. The number of hydrogen-bond acceptors (Lipinski definition) is 8. The molecule has 2 N–H and O–H groups in total. The Hall–Kier alpha value is -3.11. The van der Waals surface area contributed by atoms with Crippen molar-refractivity contribution < 1.29 is 41.6 Å². The maximum absolute atomic E-state index is 12.7. The number of nitro groups is 1.